The highest BCUT2D eigenvalue weighted by Gasteiger charge is 2.29. The van der Waals surface area contributed by atoms with Crippen LogP contribution in [0.2, 0.25) is 5.22 Å². The number of nitrogens with one attached hydrogen (secondary N) is 2. The maximum absolute atomic E-state index is 11.8. The average Bonchev–Trinajstić information content (AvgIpc) is 2.65. The van der Waals surface area contributed by atoms with Crippen LogP contribution in [0.1, 0.15) is 30.3 Å². The van der Waals surface area contributed by atoms with E-state index < -0.39 is 0 Å². The lowest BCUT2D eigenvalue weighted by Crippen LogP contribution is -2.52. The summed E-state index contributed by atoms with van der Waals surface area (Å²) in [6, 6.07) is 3.16. The van der Waals surface area contributed by atoms with Crippen molar-refractivity contribution in [2.45, 2.75) is 25.3 Å². The summed E-state index contributed by atoms with van der Waals surface area (Å²) in [6.07, 6.45) is 1.85. The maximum Gasteiger partial charge on any atom is 0.287 e. The molecule has 1 aromatic heterocycles. The number of rotatable bonds is 2. The molecule has 2 N–H and O–H groups in total. The third-order valence-corrected chi connectivity index (χ3v) is 3.12. The number of piperidine rings is 1. The van der Waals surface area contributed by atoms with Gasteiger partial charge in [-0.05, 0) is 56.6 Å². The zero-order valence-corrected chi connectivity index (χ0v) is 11.2. The fourth-order valence-electron chi connectivity index (χ4n) is 1.88. The normalized spacial score (nSPS) is 18.2. The van der Waals surface area contributed by atoms with Crippen LogP contribution < -0.4 is 10.6 Å². The van der Waals surface area contributed by atoms with E-state index in [1.54, 1.807) is 12.1 Å². The molecule has 4 nitrogen and oxygen atoms in total. The highest BCUT2D eigenvalue weighted by Crippen LogP contribution is 2.19. The van der Waals surface area contributed by atoms with E-state index in [-0.39, 0.29) is 34.8 Å². The number of amides is 1. The molecule has 0 atom stereocenters. The molecule has 1 aliphatic rings. The summed E-state index contributed by atoms with van der Waals surface area (Å²) in [5.74, 6) is 0.0704. The lowest BCUT2D eigenvalue weighted by molar-refractivity contribution is 0.0859. The van der Waals surface area contributed by atoms with Gasteiger partial charge in [0.25, 0.3) is 5.91 Å². The van der Waals surface area contributed by atoms with Gasteiger partial charge in [-0.3, -0.25) is 4.79 Å². The largest absolute Gasteiger partial charge is 0.440 e. The summed E-state index contributed by atoms with van der Waals surface area (Å²) in [5, 5.41) is 6.49. The molecule has 96 valence electrons. The summed E-state index contributed by atoms with van der Waals surface area (Å²) in [5.41, 5.74) is -0.151. The molecule has 1 aromatic rings. The third kappa shape index (κ3) is 3.63. The van der Waals surface area contributed by atoms with Gasteiger partial charge >= 0.3 is 0 Å². The molecule has 1 amide bonds. The topological polar surface area (TPSA) is 54.3 Å². The van der Waals surface area contributed by atoms with Crippen molar-refractivity contribution in [1.82, 2.24) is 10.6 Å². The minimum absolute atomic E-state index is 0. The first-order chi connectivity index (χ1) is 7.59. The summed E-state index contributed by atoms with van der Waals surface area (Å²) < 4.78 is 5.07. The molecule has 0 unspecified atom stereocenters. The minimum Gasteiger partial charge on any atom is -0.440 e. The summed E-state index contributed by atoms with van der Waals surface area (Å²) in [7, 11) is 0. The highest BCUT2D eigenvalue weighted by atomic mass is 35.5. The van der Waals surface area contributed by atoms with Crippen molar-refractivity contribution in [2.75, 3.05) is 13.1 Å². The van der Waals surface area contributed by atoms with E-state index in [2.05, 4.69) is 17.6 Å². The summed E-state index contributed by atoms with van der Waals surface area (Å²) >= 11 is 5.63. The Kier molecular flexibility index (Phi) is 4.86. The van der Waals surface area contributed by atoms with Gasteiger partial charge in [0.15, 0.2) is 11.0 Å². The molecule has 0 radical (unpaired) electrons. The quantitative estimate of drug-likeness (QED) is 0.872. The van der Waals surface area contributed by atoms with Crippen molar-refractivity contribution in [1.29, 1.82) is 0 Å². The Labute approximate surface area is 111 Å². The zero-order chi connectivity index (χ0) is 11.6. The van der Waals surface area contributed by atoms with Crippen molar-refractivity contribution >= 4 is 29.9 Å². The smallest absolute Gasteiger partial charge is 0.287 e. The van der Waals surface area contributed by atoms with Crippen molar-refractivity contribution in [3.63, 3.8) is 0 Å². The molecule has 1 saturated heterocycles. The fraction of sp³-hybridized carbons (Fsp3) is 0.545. The molecule has 1 fully saturated rings. The first-order valence-corrected chi connectivity index (χ1v) is 5.75. The van der Waals surface area contributed by atoms with Crippen molar-refractivity contribution in [3.8, 4) is 0 Å². The third-order valence-electron chi connectivity index (χ3n) is 2.92. The van der Waals surface area contributed by atoms with E-state index in [4.69, 9.17) is 16.0 Å². The van der Waals surface area contributed by atoms with Gasteiger partial charge in [0.2, 0.25) is 0 Å². The maximum atomic E-state index is 11.8. The van der Waals surface area contributed by atoms with Crippen molar-refractivity contribution in [2.24, 2.45) is 0 Å². The molecule has 0 saturated carbocycles. The van der Waals surface area contributed by atoms with Crippen LogP contribution in [0.4, 0.5) is 0 Å². The number of hydrogen-bond acceptors (Lipinski definition) is 3. The molecule has 17 heavy (non-hydrogen) atoms. The Morgan fingerprint density at radius 1 is 1.47 bits per heavy atom. The standard InChI is InChI=1S/C11H15ClN2O2.ClH/c1-11(4-6-13-7-5-11)14-10(15)8-2-3-9(12)16-8;/h2-3,13H,4-7H2,1H3,(H,14,15);1H. The second kappa shape index (κ2) is 5.76. The Hall–Kier alpha value is -0.710. The van der Waals surface area contributed by atoms with Gasteiger partial charge in [0.1, 0.15) is 0 Å². The Morgan fingerprint density at radius 2 is 2.12 bits per heavy atom. The number of carbonyl (C=O) groups excluding carboxylic acids is 1. The van der Waals surface area contributed by atoms with E-state index in [9.17, 15) is 4.79 Å². The Bertz CT molecular complexity index is 387. The fourth-order valence-corrected chi connectivity index (χ4v) is 2.02. The number of hydrogen-bond donors (Lipinski definition) is 2. The van der Waals surface area contributed by atoms with Gasteiger partial charge in [0.05, 0.1) is 0 Å². The van der Waals surface area contributed by atoms with E-state index in [1.807, 2.05) is 0 Å². The van der Waals surface area contributed by atoms with Crippen LogP contribution in [0, 0.1) is 0 Å². The molecule has 0 spiro atoms. The van der Waals surface area contributed by atoms with Gasteiger partial charge in [-0.25, -0.2) is 0 Å². The number of furan rings is 1. The van der Waals surface area contributed by atoms with E-state index >= 15 is 0 Å². The minimum atomic E-state index is -0.198. The predicted molar refractivity (Wildman–Crippen MR) is 68.9 cm³/mol. The lowest BCUT2D eigenvalue weighted by atomic mass is 9.90. The lowest BCUT2D eigenvalue weighted by Gasteiger charge is -2.34. The van der Waals surface area contributed by atoms with Crippen LogP contribution in [-0.4, -0.2) is 24.5 Å². The van der Waals surface area contributed by atoms with Crippen LogP contribution in [0.15, 0.2) is 16.5 Å². The predicted octanol–water partition coefficient (Wildman–Crippen LogP) is 2.23. The van der Waals surface area contributed by atoms with Gasteiger partial charge in [-0.2, -0.15) is 0 Å². The molecule has 6 heteroatoms. The average molecular weight is 279 g/mol. The first-order valence-electron chi connectivity index (χ1n) is 5.38. The first kappa shape index (κ1) is 14.4. The summed E-state index contributed by atoms with van der Waals surface area (Å²) in [4.78, 5) is 11.8. The van der Waals surface area contributed by atoms with E-state index in [0.29, 0.717) is 0 Å². The van der Waals surface area contributed by atoms with Crippen molar-refractivity contribution in [3.05, 3.63) is 23.1 Å². The molecule has 0 aliphatic carbocycles. The number of carbonyl (C=O) groups is 1. The monoisotopic (exact) mass is 278 g/mol. The molecule has 1 aliphatic heterocycles. The van der Waals surface area contributed by atoms with Crippen molar-refractivity contribution < 1.29 is 9.21 Å². The van der Waals surface area contributed by atoms with Crippen LogP contribution in [0.3, 0.4) is 0 Å². The molecule has 0 bridgehead atoms. The molecular weight excluding hydrogens is 263 g/mol. The van der Waals surface area contributed by atoms with Crippen LogP contribution in [0.5, 0.6) is 0 Å². The Balaban J connectivity index is 0.00000144. The van der Waals surface area contributed by atoms with Gasteiger partial charge in [-0.1, -0.05) is 0 Å². The van der Waals surface area contributed by atoms with Gasteiger partial charge in [0, 0.05) is 5.54 Å². The van der Waals surface area contributed by atoms with E-state index in [0.717, 1.165) is 25.9 Å². The Morgan fingerprint density at radius 3 is 2.65 bits per heavy atom. The molecule has 2 rings (SSSR count). The van der Waals surface area contributed by atoms with Crippen LogP contribution in [-0.2, 0) is 0 Å². The van der Waals surface area contributed by atoms with Crippen LogP contribution >= 0.6 is 24.0 Å². The number of halogens is 2. The second-order valence-electron chi connectivity index (χ2n) is 4.37. The van der Waals surface area contributed by atoms with Gasteiger partial charge in [-0.15, -0.1) is 12.4 Å². The molecule has 2 heterocycles. The molecule has 0 aromatic carbocycles. The van der Waals surface area contributed by atoms with E-state index in [1.165, 1.54) is 0 Å². The highest BCUT2D eigenvalue weighted by molar-refractivity contribution is 6.29. The zero-order valence-electron chi connectivity index (χ0n) is 9.59. The molecular formula is C11H16Cl2N2O2. The summed E-state index contributed by atoms with van der Waals surface area (Å²) in [6.45, 7) is 3.90. The second-order valence-corrected chi connectivity index (χ2v) is 4.74. The van der Waals surface area contributed by atoms with Crippen LogP contribution in [0.25, 0.3) is 0 Å². The van der Waals surface area contributed by atoms with Gasteiger partial charge < -0.3 is 15.1 Å². The SMILES string of the molecule is CC1(NC(=O)c2ccc(Cl)o2)CCNCC1.Cl.